The number of carbonyl (C=O) groups is 1. The van der Waals surface area contributed by atoms with Gasteiger partial charge in [0.25, 0.3) is 5.91 Å². The van der Waals surface area contributed by atoms with Crippen LogP contribution in [0.3, 0.4) is 0 Å². The van der Waals surface area contributed by atoms with Crippen molar-refractivity contribution in [2.45, 2.75) is 6.42 Å². The van der Waals surface area contributed by atoms with E-state index in [2.05, 4.69) is 11.9 Å². The van der Waals surface area contributed by atoms with Crippen molar-refractivity contribution in [3.63, 3.8) is 0 Å². The van der Waals surface area contributed by atoms with Gasteiger partial charge in [0, 0.05) is 0 Å². The average Bonchev–Trinajstić information content (AvgIpc) is 2.67. The zero-order valence-electron chi connectivity index (χ0n) is 14.4. The predicted molar refractivity (Wildman–Crippen MR) is 100 cm³/mol. The Kier molecular flexibility index (Phi) is 6.87. The number of amides is 1. The maximum atomic E-state index is 13.7. The molecule has 0 saturated carbocycles. The van der Waals surface area contributed by atoms with Crippen molar-refractivity contribution in [2.75, 3.05) is 11.9 Å². The maximum absolute atomic E-state index is 13.7. The Morgan fingerprint density at radius 1 is 1.26 bits per heavy atom. The van der Waals surface area contributed by atoms with Gasteiger partial charge < -0.3 is 10.1 Å². The molecule has 0 atom stereocenters. The summed E-state index contributed by atoms with van der Waals surface area (Å²) in [5.74, 6) is -0.768. The highest BCUT2D eigenvalue weighted by atomic mass is 19.1. The number of rotatable bonds is 7. The highest BCUT2D eigenvalue weighted by molar-refractivity contribution is 6.09. The topological polar surface area (TPSA) is 85.9 Å². The molecule has 1 amide bonds. The first-order valence-corrected chi connectivity index (χ1v) is 8.00. The quantitative estimate of drug-likeness (QED) is 0.459. The lowest BCUT2D eigenvalue weighted by molar-refractivity contribution is -0.112. The molecule has 5 nitrogen and oxygen atoms in total. The zero-order valence-corrected chi connectivity index (χ0v) is 14.4. The van der Waals surface area contributed by atoms with Crippen molar-refractivity contribution in [3.05, 3.63) is 77.6 Å². The third kappa shape index (κ3) is 5.29. The Hall–Kier alpha value is -3.90. The largest absolute Gasteiger partial charge is 0.478 e. The van der Waals surface area contributed by atoms with Gasteiger partial charge in [0.2, 0.25) is 0 Å². The van der Waals surface area contributed by atoms with Crippen LogP contribution >= 0.6 is 0 Å². The molecule has 6 heteroatoms. The molecule has 0 saturated heterocycles. The van der Waals surface area contributed by atoms with Gasteiger partial charge in [0.05, 0.1) is 5.69 Å². The summed E-state index contributed by atoms with van der Waals surface area (Å²) in [6.07, 6.45) is 3.57. The van der Waals surface area contributed by atoms with E-state index in [9.17, 15) is 14.4 Å². The van der Waals surface area contributed by atoms with Crippen LogP contribution in [0.25, 0.3) is 6.08 Å². The average molecular weight is 361 g/mol. The van der Waals surface area contributed by atoms with Crippen molar-refractivity contribution in [1.29, 1.82) is 10.5 Å². The van der Waals surface area contributed by atoms with Gasteiger partial charge in [-0.2, -0.15) is 10.5 Å². The lowest BCUT2D eigenvalue weighted by Gasteiger charge is -2.09. The summed E-state index contributed by atoms with van der Waals surface area (Å²) in [6, 6.07) is 14.5. The minimum absolute atomic E-state index is 0.00347. The second-order valence-corrected chi connectivity index (χ2v) is 5.41. The van der Waals surface area contributed by atoms with Gasteiger partial charge in [-0.3, -0.25) is 4.79 Å². The molecule has 0 bridgehead atoms. The van der Waals surface area contributed by atoms with Crippen LogP contribution in [0.1, 0.15) is 11.1 Å². The van der Waals surface area contributed by atoms with Gasteiger partial charge in [-0.15, -0.1) is 6.58 Å². The lowest BCUT2D eigenvalue weighted by atomic mass is 10.0. The lowest BCUT2D eigenvalue weighted by Crippen LogP contribution is -2.14. The predicted octanol–water partition coefficient (Wildman–Crippen LogP) is 4.00. The summed E-state index contributed by atoms with van der Waals surface area (Å²) >= 11 is 0. The minimum atomic E-state index is -0.710. The van der Waals surface area contributed by atoms with E-state index in [1.165, 1.54) is 24.3 Å². The fourth-order valence-corrected chi connectivity index (χ4v) is 2.32. The first-order chi connectivity index (χ1) is 13.1. The number of hydrogen-bond acceptors (Lipinski definition) is 4. The first kappa shape index (κ1) is 19.4. The van der Waals surface area contributed by atoms with Crippen molar-refractivity contribution in [2.24, 2.45) is 0 Å². The van der Waals surface area contributed by atoms with Crippen LogP contribution in [-0.2, 0) is 11.2 Å². The molecule has 2 rings (SSSR count). The molecule has 0 heterocycles. The van der Waals surface area contributed by atoms with Crippen LogP contribution in [0.4, 0.5) is 10.1 Å². The van der Waals surface area contributed by atoms with Crippen LogP contribution in [0.5, 0.6) is 5.75 Å². The van der Waals surface area contributed by atoms with Crippen LogP contribution in [0, 0.1) is 28.5 Å². The second kappa shape index (κ2) is 9.55. The maximum Gasteiger partial charge on any atom is 0.266 e. The van der Waals surface area contributed by atoms with E-state index >= 15 is 0 Å². The molecule has 0 unspecified atom stereocenters. The highest BCUT2D eigenvalue weighted by Crippen LogP contribution is 2.23. The van der Waals surface area contributed by atoms with Crippen molar-refractivity contribution < 1.29 is 13.9 Å². The molecule has 134 valence electrons. The fraction of sp³-hybridized carbons (Fsp3) is 0.0952. The van der Waals surface area contributed by atoms with E-state index < -0.39 is 11.7 Å². The number of benzene rings is 2. The Morgan fingerprint density at radius 2 is 2.04 bits per heavy atom. The van der Waals surface area contributed by atoms with E-state index in [0.29, 0.717) is 17.7 Å². The Labute approximate surface area is 156 Å². The van der Waals surface area contributed by atoms with Crippen molar-refractivity contribution >= 4 is 17.7 Å². The van der Waals surface area contributed by atoms with Gasteiger partial charge in [-0.05, 0) is 47.9 Å². The molecule has 0 aliphatic heterocycles. The molecule has 0 aliphatic carbocycles. The number of para-hydroxylation sites is 1. The van der Waals surface area contributed by atoms with E-state index in [1.54, 1.807) is 30.3 Å². The van der Waals surface area contributed by atoms with Gasteiger partial charge >= 0.3 is 0 Å². The summed E-state index contributed by atoms with van der Waals surface area (Å²) in [4.78, 5) is 12.3. The summed E-state index contributed by atoms with van der Waals surface area (Å²) in [6.45, 7) is 3.59. The number of allylic oxidation sites excluding steroid dienone is 1. The van der Waals surface area contributed by atoms with E-state index in [1.807, 2.05) is 12.1 Å². The van der Waals surface area contributed by atoms with Gasteiger partial charge in [0.1, 0.15) is 29.3 Å². The standard InChI is InChI=1S/C21H16FN3O2/c1-2-5-16-12-15(8-9-20(16)27-11-10-23)13-17(14-24)21(26)25-19-7-4-3-6-18(19)22/h2-4,6-9,12-13H,1,5,11H2,(H,25,26)/b17-13-. The fourth-order valence-electron chi connectivity index (χ4n) is 2.32. The normalized spacial score (nSPS) is 10.4. The van der Waals surface area contributed by atoms with E-state index in [-0.39, 0.29) is 17.9 Å². The van der Waals surface area contributed by atoms with E-state index in [0.717, 1.165) is 5.56 Å². The van der Waals surface area contributed by atoms with Crippen LogP contribution in [-0.4, -0.2) is 12.5 Å². The smallest absolute Gasteiger partial charge is 0.266 e. The summed E-state index contributed by atoms with van der Waals surface area (Å²) in [7, 11) is 0. The third-order valence-corrected chi connectivity index (χ3v) is 3.54. The summed E-state index contributed by atoms with van der Waals surface area (Å²) in [5, 5.41) is 20.3. The minimum Gasteiger partial charge on any atom is -0.478 e. The Balaban J connectivity index is 2.28. The second-order valence-electron chi connectivity index (χ2n) is 5.41. The molecular weight excluding hydrogens is 345 g/mol. The number of nitrogens with one attached hydrogen (secondary N) is 1. The number of ether oxygens (including phenoxy) is 1. The first-order valence-electron chi connectivity index (χ1n) is 8.00. The Bertz CT molecular complexity index is 968. The van der Waals surface area contributed by atoms with Crippen LogP contribution < -0.4 is 10.1 Å². The molecule has 2 aromatic carbocycles. The molecular formula is C21H16FN3O2. The zero-order chi connectivity index (χ0) is 19.6. The highest BCUT2D eigenvalue weighted by Gasteiger charge is 2.12. The van der Waals surface area contributed by atoms with Crippen LogP contribution in [0.2, 0.25) is 0 Å². The number of anilines is 1. The number of nitriles is 2. The molecule has 27 heavy (non-hydrogen) atoms. The van der Waals surface area contributed by atoms with Gasteiger partial charge in [-0.1, -0.05) is 24.3 Å². The molecule has 0 radical (unpaired) electrons. The molecule has 1 N–H and O–H groups in total. The Morgan fingerprint density at radius 3 is 2.70 bits per heavy atom. The molecule has 2 aromatic rings. The number of halogens is 1. The van der Waals surface area contributed by atoms with Crippen molar-refractivity contribution in [1.82, 2.24) is 0 Å². The van der Waals surface area contributed by atoms with Crippen LogP contribution in [0.15, 0.2) is 60.7 Å². The molecule has 0 fully saturated rings. The summed E-state index contributed by atoms with van der Waals surface area (Å²) in [5.41, 5.74) is 1.18. The van der Waals surface area contributed by atoms with E-state index in [4.69, 9.17) is 10.00 Å². The SMILES string of the molecule is C=CCc1cc(/C=C(/C#N)C(=O)Nc2ccccc2F)ccc1OCC#N. The monoisotopic (exact) mass is 361 g/mol. The van der Waals surface area contributed by atoms with Crippen molar-refractivity contribution in [3.8, 4) is 17.9 Å². The number of carbonyl (C=O) groups excluding carboxylic acids is 1. The molecule has 0 aromatic heterocycles. The molecule has 0 aliphatic rings. The summed E-state index contributed by atoms with van der Waals surface area (Å²) < 4.78 is 19.0. The van der Waals surface area contributed by atoms with Gasteiger partial charge in [0.15, 0.2) is 6.61 Å². The molecule has 0 spiro atoms. The van der Waals surface area contributed by atoms with Gasteiger partial charge in [-0.25, -0.2) is 4.39 Å². The number of hydrogen-bond donors (Lipinski definition) is 1. The number of nitrogens with zero attached hydrogens (tertiary/aromatic N) is 2. The third-order valence-electron chi connectivity index (χ3n) is 3.54.